The number of rotatable bonds is 8. The zero-order chi connectivity index (χ0) is 20.2. The zero-order valence-electron chi connectivity index (χ0n) is 16.6. The highest BCUT2D eigenvalue weighted by Crippen LogP contribution is 2.38. The number of aromatic nitrogens is 3. The van der Waals surface area contributed by atoms with E-state index in [2.05, 4.69) is 15.3 Å². The van der Waals surface area contributed by atoms with Crippen molar-refractivity contribution in [3.8, 4) is 33.5 Å². The molecule has 1 aliphatic rings. The maximum absolute atomic E-state index is 11.8. The summed E-state index contributed by atoms with van der Waals surface area (Å²) in [5.41, 5.74) is 3.65. The second-order valence-corrected chi connectivity index (χ2v) is 7.83. The molecule has 3 heterocycles. The highest BCUT2D eigenvalue weighted by molar-refractivity contribution is 7.13. The Kier molecular flexibility index (Phi) is 5.80. The van der Waals surface area contributed by atoms with E-state index in [0.29, 0.717) is 12.8 Å². The molecule has 3 aromatic rings. The molecule has 0 atom stereocenters. The quantitative estimate of drug-likeness (QED) is 0.582. The Bertz CT molecular complexity index is 1010. The van der Waals surface area contributed by atoms with Gasteiger partial charge in [-0.2, -0.15) is 0 Å². The Balaban J connectivity index is 1.57. The van der Waals surface area contributed by atoms with E-state index in [1.165, 1.54) is 0 Å². The molecule has 1 aromatic carbocycles. The first-order valence-corrected chi connectivity index (χ1v) is 10.7. The minimum Gasteiger partial charge on any atom is -0.454 e. The minimum absolute atomic E-state index is 0.0881. The average Bonchev–Trinajstić information content (AvgIpc) is 3.44. The summed E-state index contributed by atoms with van der Waals surface area (Å²) in [6.45, 7) is 4.99. The predicted octanol–water partition coefficient (Wildman–Crippen LogP) is 4.09. The van der Waals surface area contributed by atoms with Crippen LogP contribution in [0.3, 0.4) is 0 Å². The highest BCUT2D eigenvalue weighted by Gasteiger charge is 2.20. The molecule has 0 aliphatic carbocycles. The molecule has 0 fully saturated rings. The Hall–Kier alpha value is -2.87. The van der Waals surface area contributed by atoms with Crippen LogP contribution < -0.4 is 14.8 Å². The summed E-state index contributed by atoms with van der Waals surface area (Å²) in [4.78, 5) is 24.7. The Labute approximate surface area is 173 Å². The number of hydrogen-bond acceptors (Lipinski definition) is 6. The van der Waals surface area contributed by atoms with Crippen LogP contribution in [0, 0.1) is 6.92 Å². The lowest BCUT2D eigenvalue weighted by Crippen LogP contribution is -2.23. The van der Waals surface area contributed by atoms with Crippen LogP contribution >= 0.6 is 11.3 Å². The number of ether oxygens (including phenoxy) is 2. The molecule has 8 heteroatoms. The molecule has 2 aromatic heterocycles. The van der Waals surface area contributed by atoms with Crippen molar-refractivity contribution >= 4 is 17.2 Å². The molecule has 7 nitrogen and oxygen atoms in total. The van der Waals surface area contributed by atoms with E-state index in [9.17, 15) is 4.79 Å². The van der Waals surface area contributed by atoms with E-state index in [-0.39, 0.29) is 12.7 Å². The molecule has 4 rings (SSSR count). The smallest absolute Gasteiger partial charge is 0.231 e. The van der Waals surface area contributed by atoms with E-state index in [1.54, 1.807) is 11.3 Å². The van der Waals surface area contributed by atoms with Crippen molar-refractivity contribution in [3.63, 3.8) is 0 Å². The number of hydrogen-bond donors (Lipinski definition) is 2. The lowest BCUT2D eigenvalue weighted by Gasteiger charge is -2.02. The van der Waals surface area contributed by atoms with Crippen molar-refractivity contribution in [3.05, 3.63) is 35.1 Å². The van der Waals surface area contributed by atoms with E-state index in [4.69, 9.17) is 14.5 Å². The van der Waals surface area contributed by atoms with E-state index in [0.717, 1.165) is 64.4 Å². The van der Waals surface area contributed by atoms with Crippen LogP contribution in [0.15, 0.2) is 23.6 Å². The van der Waals surface area contributed by atoms with Crippen LogP contribution in [0.1, 0.15) is 37.7 Å². The number of imidazole rings is 1. The number of thiazole rings is 1. The molecule has 1 aliphatic heterocycles. The summed E-state index contributed by atoms with van der Waals surface area (Å²) in [5.74, 6) is 2.41. The molecular formula is C21H24N4O3S. The number of amides is 1. The number of nitrogens with one attached hydrogen (secondary N) is 2. The minimum atomic E-state index is 0.0881. The van der Waals surface area contributed by atoms with Gasteiger partial charge in [0.2, 0.25) is 12.7 Å². The van der Waals surface area contributed by atoms with Gasteiger partial charge < -0.3 is 19.8 Å². The van der Waals surface area contributed by atoms with Gasteiger partial charge in [-0.3, -0.25) is 4.79 Å². The molecule has 0 bridgehead atoms. The number of aromatic amines is 1. The fourth-order valence-electron chi connectivity index (χ4n) is 3.19. The molecule has 0 radical (unpaired) electrons. The van der Waals surface area contributed by atoms with E-state index < -0.39 is 0 Å². The van der Waals surface area contributed by atoms with Gasteiger partial charge in [-0.05, 0) is 38.0 Å². The normalized spacial score (nSPS) is 12.3. The fourth-order valence-corrected chi connectivity index (χ4v) is 3.98. The first kappa shape index (κ1) is 19.4. The monoisotopic (exact) mass is 412 g/mol. The van der Waals surface area contributed by atoms with E-state index in [1.807, 2.05) is 37.4 Å². The molecule has 2 N–H and O–H groups in total. The second-order valence-electron chi connectivity index (χ2n) is 6.97. The van der Waals surface area contributed by atoms with Gasteiger partial charge in [-0.1, -0.05) is 6.92 Å². The van der Waals surface area contributed by atoms with Gasteiger partial charge in [0.05, 0.1) is 5.69 Å². The Morgan fingerprint density at radius 1 is 1.28 bits per heavy atom. The number of nitrogens with zero attached hydrogens (tertiary/aromatic N) is 2. The molecule has 0 saturated heterocycles. The van der Waals surface area contributed by atoms with Crippen LogP contribution in [-0.4, -0.2) is 34.2 Å². The highest BCUT2D eigenvalue weighted by atomic mass is 32.1. The van der Waals surface area contributed by atoms with Gasteiger partial charge in [0.15, 0.2) is 11.5 Å². The summed E-state index contributed by atoms with van der Waals surface area (Å²) < 4.78 is 10.9. The lowest BCUT2D eigenvalue weighted by molar-refractivity contribution is -0.121. The number of fused-ring (bicyclic) bond motifs is 1. The van der Waals surface area contributed by atoms with Gasteiger partial charge in [-0.25, -0.2) is 9.97 Å². The topological polar surface area (TPSA) is 89.1 Å². The number of carbonyl (C=O) groups excluding carboxylic acids is 1. The first-order valence-electron chi connectivity index (χ1n) is 9.82. The number of carbonyl (C=O) groups is 1. The van der Waals surface area contributed by atoms with Gasteiger partial charge in [0, 0.05) is 36.0 Å². The largest absolute Gasteiger partial charge is 0.454 e. The fraction of sp³-hybridized carbons (Fsp3) is 0.381. The van der Waals surface area contributed by atoms with Crippen molar-refractivity contribution in [1.29, 1.82) is 0 Å². The zero-order valence-corrected chi connectivity index (χ0v) is 17.4. The molecule has 1 amide bonds. The van der Waals surface area contributed by atoms with Gasteiger partial charge in [0.25, 0.3) is 0 Å². The predicted molar refractivity (Wildman–Crippen MR) is 112 cm³/mol. The first-order chi connectivity index (χ1) is 14.1. The van der Waals surface area contributed by atoms with Crippen molar-refractivity contribution in [1.82, 2.24) is 20.3 Å². The third-order valence-electron chi connectivity index (χ3n) is 4.62. The van der Waals surface area contributed by atoms with Crippen molar-refractivity contribution in [2.75, 3.05) is 13.3 Å². The van der Waals surface area contributed by atoms with Crippen molar-refractivity contribution < 1.29 is 14.3 Å². The average molecular weight is 413 g/mol. The summed E-state index contributed by atoms with van der Waals surface area (Å²) >= 11 is 1.59. The number of benzene rings is 1. The lowest BCUT2D eigenvalue weighted by atomic mass is 10.1. The molecule has 0 spiro atoms. The maximum atomic E-state index is 11.8. The Morgan fingerprint density at radius 3 is 2.93 bits per heavy atom. The second kappa shape index (κ2) is 8.65. The summed E-state index contributed by atoms with van der Waals surface area (Å²) in [6.07, 6.45) is 2.87. The van der Waals surface area contributed by atoms with Crippen LogP contribution in [-0.2, 0) is 11.2 Å². The van der Waals surface area contributed by atoms with Gasteiger partial charge in [0.1, 0.15) is 16.5 Å². The van der Waals surface area contributed by atoms with Gasteiger partial charge >= 0.3 is 0 Å². The van der Waals surface area contributed by atoms with Crippen LogP contribution in [0.2, 0.25) is 0 Å². The summed E-state index contributed by atoms with van der Waals surface area (Å²) in [7, 11) is 0. The number of aryl methyl sites for hydroxylation is 2. The Morgan fingerprint density at radius 2 is 2.14 bits per heavy atom. The van der Waals surface area contributed by atoms with Crippen molar-refractivity contribution in [2.45, 2.75) is 39.5 Å². The van der Waals surface area contributed by atoms with Crippen molar-refractivity contribution in [2.24, 2.45) is 0 Å². The summed E-state index contributed by atoms with van der Waals surface area (Å²) in [6, 6.07) is 5.83. The third kappa shape index (κ3) is 4.42. The third-order valence-corrected chi connectivity index (χ3v) is 5.60. The molecule has 29 heavy (non-hydrogen) atoms. The van der Waals surface area contributed by atoms with Crippen LogP contribution in [0.5, 0.6) is 11.5 Å². The number of H-pyrrole nitrogens is 1. The van der Waals surface area contributed by atoms with Crippen LogP contribution in [0.25, 0.3) is 22.0 Å². The SMILES string of the molecule is CCCNC(=O)CCCc1nc(-c2ccc3c(c2)OCO3)c(-c2nc(C)cs2)[nH]1. The van der Waals surface area contributed by atoms with Gasteiger partial charge in [-0.15, -0.1) is 11.3 Å². The molecule has 0 unspecified atom stereocenters. The molecule has 0 saturated carbocycles. The van der Waals surface area contributed by atoms with Crippen LogP contribution in [0.4, 0.5) is 0 Å². The molecule has 152 valence electrons. The van der Waals surface area contributed by atoms with E-state index >= 15 is 0 Å². The maximum Gasteiger partial charge on any atom is 0.231 e. The molecular weight excluding hydrogens is 388 g/mol. The summed E-state index contributed by atoms with van der Waals surface area (Å²) in [5, 5.41) is 5.83. The standard InChI is InChI=1S/C21H24N4O3S/c1-3-9-22-18(26)6-4-5-17-24-19(20(25-17)21-23-13(2)11-29-21)14-7-8-15-16(10-14)28-12-27-15/h7-8,10-11H,3-6,9,12H2,1-2H3,(H,22,26)(H,24,25).